The molecular formula is C21H26N2O4S. The van der Waals surface area contributed by atoms with Crippen LogP contribution in [-0.2, 0) is 10.0 Å². The number of hydrogen-bond donors (Lipinski definition) is 2. The van der Waals surface area contributed by atoms with Crippen LogP contribution in [0.15, 0.2) is 53.4 Å². The average Bonchev–Trinajstić information content (AvgIpc) is 2.73. The van der Waals surface area contributed by atoms with Crippen molar-refractivity contribution in [2.45, 2.75) is 49.6 Å². The van der Waals surface area contributed by atoms with E-state index in [2.05, 4.69) is 23.9 Å². The number of benzene rings is 2. The lowest BCUT2D eigenvalue weighted by Crippen LogP contribution is -2.44. The number of sulfonamides is 1. The van der Waals surface area contributed by atoms with Gasteiger partial charge < -0.3 is 10.1 Å². The van der Waals surface area contributed by atoms with Gasteiger partial charge >= 0.3 is 0 Å². The van der Waals surface area contributed by atoms with Crippen LogP contribution in [0, 0.1) is 0 Å². The molecule has 3 rings (SSSR count). The minimum absolute atomic E-state index is 0.0616. The number of ether oxygens (including phenoxy) is 1. The third-order valence-corrected chi connectivity index (χ3v) is 6.88. The summed E-state index contributed by atoms with van der Waals surface area (Å²) in [6.45, 7) is 4.17. The van der Waals surface area contributed by atoms with Crippen LogP contribution in [-0.4, -0.2) is 27.0 Å². The predicted octanol–water partition coefficient (Wildman–Crippen LogP) is 3.41. The molecule has 1 atom stereocenters. The lowest BCUT2D eigenvalue weighted by atomic mass is 9.83. The summed E-state index contributed by atoms with van der Waals surface area (Å²) in [5.74, 6) is 0.477. The normalized spacial score (nSPS) is 18.0. The zero-order valence-electron chi connectivity index (χ0n) is 16.4. The first-order chi connectivity index (χ1) is 13.3. The number of fused-ring (bicyclic) bond motifs is 1. The van der Waals surface area contributed by atoms with Crippen LogP contribution < -0.4 is 14.8 Å². The van der Waals surface area contributed by atoms with Gasteiger partial charge in [0.15, 0.2) is 0 Å². The van der Waals surface area contributed by atoms with E-state index in [-0.39, 0.29) is 22.4 Å². The largest absolute Gasteiger partial charge is 0.487 e. The van der Waals surface area contributed by atoms with E-state index in [1.54, 1.807) is 12.1 Å². The van der Waals surface area contributed by atoms with Crippen molar-refractivity contribution in [2.24, 2.45) is 0 Å². The van der Waals surface area contributed by atoms with Crippen molar-refractivity contribution in [1.82, 2.24) is 10.0 Å². The molecule has 28 heavy (non-hydrogen) atoms. The maximum absolute atomic E-state index is 12.9. The Balaban J connectivity index is 1.90. The maximum atomic E-state index is 12.9. The standard InChI is InChI=1S/C21H26N2O4S/c1-4-21(5-2)14-18(17-11-6-7-12-19(17)27-21)23-20(24)15-9-8-10-16(13-15)28(25,26)22-3/h6-13,18,22H,4-5,14H2,1-3H3,(H,23,24)/t18-/m1/s1. The van der Waals surface area contributed by atoms with Crippen LogP contribution in [0.4, 0.5) is 0 Å². The van der Waals surface area contributed by atoms with Gasteiger partial charge in [0.05, 0.1) is 10.9 Å². The van der Waals surface area contributed by atoms with Crippen molar-refractivity contribution < 1.29 is 17.9 Å². The van der Waals surface area contributed by atoms with E-state index >= 15 is 0 Å². The minimum atomic E-state index is -3.61. The highest BCUT2D eigenvalue weighted by Crippen LogP contribution is 2.42. The van der Waals surface area contributed by atoms with Gasteiger partial charge in [-0.25, -0.2) is 13.1 Å². The summed E-state index contributed by atoms with van der Waals surface area (Å²) in [5, 5.41) is 3.08. The zero-order chi connectivity index (χ0) is 20.4. The van der Waals surface area contributed by atoms with Crippen LogP contribution in [0.5, 0.6) is 5.75 Å². The summed E-state index contributed by atoms with van der Waals surface area (Å²) in [4.78, 5) is 13.0. The first kappa shape index (κ1) is 20.4. The first-order valence-electron chi connectivity index (χ1n) is 9.46. The summed E-state index contributed by atoms with van der Waals surface area (Å²) in [7, 11) is -2.27. The van der Waals surface area contributed by atoms with E-state index in [4.69, 9.17) is 4.74 Å². The molecule has 150 valence electrons. The smallest absolute Gasteiger partial charge is 0.251 e. The third kappa shape index (κ3) is 3.91. The molecule has 1 aliphatic rings. The molecule has 0 saturated heterocycles. The van der Waals surface area contributed by atoms with Crippen LogP contribution in [0.1, 0.15) is 55.1 Å². The fraction of sp³-hybridized carbons (Fsp3) is 0.381. The Kier molecular flexibility index (Phi) is 5.76. The molecule has 6 nitrogen and oxygen atoms in total. The molecule has 0 spiro atoms. The van der Waals surface area contributed by atoms with Gasteiger partial charge in [0.25, 0.3) is 5.91 Å². The van der Waals surface area contributed by atoms with Gasteiger partial charge in [-0.05, 0) is 44.2 Å². The molecule has 0 bridgehead atoms. The Morgan fingerprint density at radius 1 is 1.14 bits per heavy atom. The van der Waals surface area contributed by atoms with Crippen molar-refractivity contribution in [3.63, 3.8) is 0 Å². The second kappa shape index (κ2) is 7.93. The third-order valence-electron chi connectivity index (χ3n) is 5.47. The molecule has 2 aromatic carbocycles. The second-order valence-electron chi connectivity index (χ2n) is 7.00. The van der Waals surface area contributed by atoms with Crippen LogP contribution in [0.25, 0.3) is 0 Å². The predicted molar refractivity (Wildman–Crippen MR) is 108 cm³/mol. The molecule has 0 radical (unpaired) electrons. The quantitative estimate of drug-likeness (QED) is 0.776. The lowest BCUT2D eigenvalue weighted by Gasteiger charge is -2.41. The van der Waals surface area contributed by atoms with Crippen molar-refractivity contribution in [2.75, 3.05) is 7.05 Å². The fourth-order valence-corrected chi connectivity index (χ4v) is 4.37. The number of nitrogens with one attached hydrogen (secondary N) is 2. The summed E-state index contributed by atoms with van der Waals surface area (Å²) in [5.41, 5.74) is 0.912. The van der Waals surface area contributed by atoms with Crippen molar-refractivity contribution in [3.8, 4) is 5.75 Å². The molecule has 2 aromatic rings. The van der Waals surface area contributed by atoms with Gasteiger partial charge in [0.1, 0.15) is 11.4 Å². The number of carbonyl (C=O) groups excluding carboxylic acids is 1. The lowest BCUT2D eigenvalue weighted by molar-refractivity contribution is 0.0227. The number of amides is 1. The molecule has 0 unspecified atom stereocenters. The summed E-state index contributed by atoms with van der Waals surface area (Å²) >= 11 is 0. The van der Waals surface area contributed by atoms with Crippen LogP contribution >= 0.6 is 0 Å². The SMILES string of the molecule is CCC1(CC)C[C@@H](NC(=O)c2cccc(S(=O)(=O)NC)c2)c2ccccc2O1. The highest BCUT2D eigenvalue weighted by atomic mass is 32.2. The van der Waals surface area contributed by atoms with E-state index in [1.165, 1.54) is 19.2 Å². The topological polar surface area (TPSA) is 84.5 Å². The molecule has 1 amide bonds. The number of rotatable bonds is 6. The molecule has 0 fully saturated rings. The van der Waals surface area contributed by atoms with Crippen molar-refractivity contribution >= 4 is 15.9 Å². The highest BCUT2D eigenvalue weighted by Gasteiger charge is 2.39. The first-order valence-corrected chi connectivity index (χ1v) is 10.9. The van der Waals surface area contributed by atoms with Gasteiger partial charge in [-0.15, -0.1) is 0 Å². The van der Waals surface area contributed by atoms with E-state index in [9.17, 15) is 13.2 Å². The average molecular weight is 403 g/mol. The second-order valence-corrected chi connectivity index (χ2v) is 8.88. The van der Waals surface area contributed by atoms with Crippen molar-refractivity contribution in [1.29, 1.82) is 0 Å². The van der Waals surface area contributed by atoms with E-state index in [1.807, 2.05) is 24.3 Å². The summed E-state index contributed by atoms with van der Waals surface area (Å²) in [6.07, 6.45) is 2.33. The van der Waals surface area contributed by atoms with Gasteiger partial charge in [0, 0.05) is 17.5 Å². The Hall–Kier alpha value is -2.38. The molecule has 1 aliphatic heterocycles. The molecular weight excluding hydrogens is 376 g/mol. The summed E-state index contributed by atoms with van der Waals surface area (Å²) in [6, 6.07) is 13.6. The molecule has 1 heterocycles. The van der Waals surface area contributed by atoms with Gasteiger partial charge in [-0.2, -0.15) is 0 Å². The van der Waals surface area contributed by atoms with Gasteiger partial charge in [-0.1, -0.05) is 38.1 Å². The van der Waals surface area contributed by atoms with E-state index in [0.717, 1.165) is 24.2 Å². The molecule has 0 saturated carbocycles. The van der Waals surface area contributed by atoms with Crippen LogP contribution in [0.2, 0.25) is 0 Å². The monoisotopic (exact) mass is 402 g/mol. The molecule has 7 heteroatoms. The molecule has 2 N–H and O–H groups in total. The Labute approximate surface area is 166 Å². The number of carbonyl (C=O) groups is 1. The zero-order valence-corrected chi connectivity index (χ0v) is 17.2. The fourth-order valence-electron chi connectivity index (χ4n) is 3.59. The van der Waals surface area contributed by atoms with E-state index in [0.29, 0.717) is 12.0 Å². The number of para-hydroxylation sites is 1. The van der Waals surface area contributed by atoms with E-state index < -0.39 is 10.0 Å². The Morgan fingerprint density at radius 3 is 2.54 bits per heavy atom. The highest BCUT2D eigenvalue weighted by molar-refractivity contribution is 7.89. The Bertz CT molecular complexity index is 968. The number of hydrogen-bond acceptors (Lipinski definition) is 4. The molecule has 0 aromatic heterocycles. The van der Waals surface area contributed by atoms with Crippen molar-refractivity contribution in [3.05, 3.63) is 59.7 Å². The molecule has 0 aliphatic carbocycles. The van der Waals surface area contributed by atoms with Crippen LogP contribution in [0.3, 0.4) is 0 Å². The maximum Gasteiger partial charge on any atom is 0.251 e. The Morgan fingerprint density at radius 2 is 1.86 bits per heavy atom. The van der Waals surface area contributed by atoms with Gasteiger partial charge in [0.2, 0.25) is 10.0 Å². The summed E-state index contributed by atoms with van der Waals surface area (Å²) < 4.78 is 32.6. The van der Waals surface area contributed by atoms with Gasteiger partial charge in [-0.3, -0.25) is 4.79 Å². The minimum Gasteiger partial charge on any atom is -0.487 e.